The van der Waals surface area contributed by atoms with Gasteiger partial charge in [0.05, 0.1) is 0 Å². The van der Waals surface area contributed by atoms with E-state index in [4.69, 9.17) is 14.4 Å². The molecule has 0 atom stereocenters. The number of hydrogen-bond acceptors (Lipinski definition) is 5. The smallest absolute Gasteiger partial charge is 0.390 e. The highest BCUT2D eigenvalue weighted by atomic mass is 28.4. The molecule has 0 fully saturated rings. The minimum absolute atomic E-state index is 0.0101. The van der Waals surface area contributed by atoms with Crippen LogP contribution in [0, 0.1) is 0 Å². The van der Waals surface area contributed by atoms with E-state index in [0.29, 0.717) is 19.4 Å². The van der Waals surface area contributed by atoms with Gasteiger partial charge < -0.3 is 14.4 Å². The normalized spacial score (nSPS) is 13.1. The Bertz CT molecular complexity index is 222. The largest absolute Gasteiger partial charge is 0.492 e. The Morgan fingerprint density at radius 1 is 1.29 bits per heavy atom. The second-order valence-corrected chi connectivity index (χ2v) is 5.42. The Morgan fingerprint density at radius 3 is 2.29 bits per heavy atom. The third kappa shape index (κ3) is 9.52. The van der Waals surface area contributed by atoms with E-state index in [-0.39, 0.29) is 11.8 Å². The average Bonchev–Trinajstić information content (AvgIpc) is 1.95. The van der Waals surface area contributed by atoms with Crippen LogP contribution in [0.5, 0.6) is 0 Å². The molecule has 6 heteroatoms. The summed E-state index contributed by atoms with van der Waals surface area (Å²) in [4.78, 5) is 40.7. The second-order valence-electron chi connectivity index (χ2n) is 3.37. The molecule has 0 bridgehead atoms. The zero-order valence-corrected chi connectivity index (χ0v) is 9.53. The Balaban J connectivity index is 3.66. The number of rotatable bonds is 6. The maximum absolute atomic E-state index is 10.7. The lowest BCUT2D eigenvalue weighted by atomic mass is 10.2. The number of nitrogens with zero attached hydrogens (tertiary/aromatic N) is 1. The van der Waals surface area contributed by atoms with Crippen molar-refractivity contribution in [2.24, 2.45) is 4.99 Å². The lowest BCUT2D eigenvalue weighted by molar-refractivity contribution is -0.115. The first-order chi connectivity index (χ1) is 6.31. The van der Waals surface area contributed by atoms with Crippen molar-refractivity contribution < 1.29 is 19.2 Å². The zero-order valence-electron chi connectivity index (χ0n) is 8.53. The fourth-order valence-corrected chi connectivity index (χ4v) is 1.63. The van der Waals surface area contributed by atoms with Gasteiger partial charge in [0, 0.05) is 24.7 Å². The van der Waals surface area contributed by atoms with Gasteiger partial charge in [0.2, 0.25) is 0 Å². The van der Waals surface area contributed by atoms with E-state index in [1.165, 1.54) is 6.92 Å². The van der Waals surface area contributed by atoms with Crippen molar-refractivity contribution in [2.75, 3.05) is 6.54 Å². The lowest BCUT2D eigenvalue weighted by Crippen LogP contribution is -2.34. The van der Waals surface area contributed by atoms with Crippen LogP contribution < -0.4 is 0 Å². The molecule has 0 unspecified atom stereocenters. The number of carbonyl (C=O) groups is 1. The van der Waals surface area contributed by atoms with Gasteiger partial charge in [-0.05, 0) is 20.3 Å². The maximum atomic E-state index is 10.7. The van der Waals surface area contributed by atoms with Crippen LogP contribution in [0.4, 0.5) is 0 Å². The van der Waals surface area contributed by atoms with Crippen LogP contribution in [0.3, 0.4) is 0 Å². The Kier molecular flexibility index (Phi) is 5.78. The molecule has 0 aromatic heterocycles. The van der Waals surface area contributed by atoms with Crippen LogP contribution in [-0.2, 0) is 4.79 Å². The van der Waals surface area contributed by atoms with Gasteiger partial charge in [-0.3, -0.25) is 9.79 Å². The van der Waals surface area contributed by atoms with Crippen LogP contribution in [0.1, 0.15) is 26.7 Å². The van der Waals surface area contributed by atoms with Crippen LogP contribution in [0.2, 0.25) is 6.04 Å². The van der Waals surface area contributed by atoms with Gasteiger partial charge in [0.15, 0.2) is 0 Å². The van der Waals surface area contributed by atoms with Crippen molar-refractivity contribution in [2.45, 2.75) is 32.7 Å². The molecule has 0 spiro atoms. The Hall–Kier alpha value is -0.563. The summed E-state index contributed by atoms with van der Waals surface area (Å²) in [5, 5.41) is 0. The summed E-state index contributed by atoms with van der Waals surface area (Å²) in [6, 6.07) is -0.0101. The van der Waals surface area contributed by atoms with Crippen LogP contribution in [0.15, 0.2) is 4.99 Å². The van der Waals surface area contributed by atoms with Gasteiger partial charge in [-0.25, -0.2) is 0 Å². The number of ketones is 1. The van der Waals surface area contributed by atoms with E-state index in [2.05, 4.69) is 4.99 Å². The first-order valence-electron chi connectivity index (χ1n) is 4.48. The van der Waals surface area contributed by atoms with Crippen molar-refractivity contribution in [3.63, 3.8) is 0 Å². The Morgan fingerprint density at radius 2 is 1.86 bits per heavy atom. The monoisotopic (exact) mass is 219 g/mol. The topological polar surface area (TPSA) is 90.1 Å². The first-order valence-corrected chi connectivity index (χ1v) is 6.52. The molecular formula is C8H17NO4Si. The number of aliphatic imine (C=N–C) groups is 1. The highest BCUT2D eigenvalue weighted by Gasteiger charge is 2.25. The third-order valence-electron chi connectivity index (χ3n) is 1.56. The van der Waals surface area contributed by atoms with Crippen molar-refractivity contribution in [1.29, 1.82) is 0 Å². The van der Waals surface area contributed by atoms with E-state index >= 15 is 0 Å². The SMILES string of the molecule is CC(=O)CC(C)=NCCC[Si](O)(O)O. The highest BCUT2D eigenvalue weighted by molar-refractivity contribution is 6.56. The van der Waals surface area contributed by atoms with Crippen LogP contribution in [-0.4, -0.2) is 41.2 Å². The number of carbonyl (C=O) groups excluding carboxylic acids is 1. The quantitative estimate of drug-likeness (QED) is 0.326. The molecule has 0 rings (SSSR count). The predicted octanol–water partition coefficient (Wildman–Crippen LogP) is -0.268. The number of hydrogen-bond donors (Lipinski definition) is 3. The van der Waals surface area contributed by atoms with Crippen molar-refractivity contribution in [1.82, 2.24) is 0 Å². The fraction of sp³-hybridized carbons (Fsp3) is 0.750. The van der Waals surface area contributed by atoms with Crippen molar-refractivity contribution in [3.05, 3.63) is 0 Å². The maximum Gasteiger partial charge on any atom is 0.492 e. The highest BCUT2D eigenvalue weighted by Crippen LogP contribution is 2.01. The van der Waals surface area contributed by atoms with Crippen LogP contribution in [0.25, 0.3) is 0 Å². The molecule has 0 aliphatic rings. The summed E-state index contributed by atoms with van der Waals surface area (Å²) >= 11 is 0. The standard InChI is InChI=1S/C8H17NO4Si/c1-7(6-8(2)10)9-4-3-5-14(11,12)13/h11-13H,3-6H2,1-2H3. The molecule has 0 radical (unpaired) electrons. The predicted molar refractivity (Wildman–Crippen MR) is 55.1 cm³/mol. The molecule has 0 aliphatic carbocycles. The fourth-order valence-electron chi connectivity index (χ4n) is 1.00. The van der Waals surface area contributed by atoms with E-state index in [1.54, 1.807) is 6.92 Å². The summed E-state index contributed by atoms with van der Waals surface area (Å²) < 4.78 is 0. The van der Waals surface area contributed by atoms with Crippen molar-refractivity contribution >= 4 is 20.3 Å². The summed E-state index contributed by atoms with van der Waals surface area (Å²) in [6.07, 6.45) is 0.755. The molecule has 0 aromatic rings. The molecule has 0 aromatic carbocycles. The molecule has 0 saturated heterocycles. The minimum atomic E-state index is -3.90. The molecule has 82 valence electrons. The van der Waals surface area contributed by atoms with Gasteiger partial charge in [0.1, 0.15) is 5.78 Å². The number of Topliss-reactive ketones (excluding diaryl/α,β-unsaturated/α-hetero) is 1. The van der Waals surface area contributed by atoms with Gasteiger partial charge in [-0.15, -0.1) is 0 Å². The molecule has 0 saturated carbocycles. The summed E-state index contributed by atoms with van der Waals surface area (Å²) in [5.41, 5.74) is 0.735. The van der Waals surface area contributed by atoms with Crippen molar-refractivity contribution in [3.8, 4) is 0 Å². The summed E-state index contributed by atoms with van der Waals surface area (Å²) in [7, 11) is -3.90. The van der Waals surface area contributed by atoms with Gasteiger partial charge in [-0.2, -0.15) is 0 Å². The summed E-state index contributed by atoms with van der Waals surface area (Å²) in [6.45, 7) is 3.66. The van der Waals surface area contributed by atoms with E-state index in [1.807, 2.05) is 0 Å². The van der Waals surface area contributed by atoms with Gasteiger partial charge >= 0.3 is 8.80 Å². The Labute approximate surface area is 84.5 Å². The van der Waals surface area contributed by atoms with Gasteiger partial charge in [-0.1, -0.05) is 0 Å². The molecule has 3 N–H and O–H groups in total. The average molecular weight is 219 g/mol. The molecule has 14 heavy (non-hydrogen) atoms. The molecule has 0 amide bonds. The lowest BCUT2D eigenvalue weighted by Gasteiger charge is -2.07. The summed E-state index contributed by atoms with van der Waals surface area (Å²) in [5.74, 6) is 0.0569. The third-order valence-corrected chi connectivity index (χ3v) is 2.58. The molecular weight excluding hydrogens is 202 g/mol. The van der Waals surface area contributed by atoms with E-state index < -0.39 is 8.80 Å². The first kappa shape index (κ1) is 13.4. The second kappa shape index (κ2) is 6.02. The zero-order chi connectivity index (χ0) is 11.2. The molecule has 5 nitrogen and oxygen atoms in total. The molecule has 0 aliphatic heterocycles. The van der Waals surface area contributed by atoms with Crippen LogP contribution >= 0.6 is 0 Å². The van der Waals surface area contributed by atoms with E-state index in [9.17, 15) is 4.79 Å². The minimum Gasteiger partial charge on any atom is -0.390 e. The molecule has 0 heterocycles. The van der Waals surface area contributed by atoms with Gasteiger partial charge in [0.25, 0.3) is 0 Å². The van der Waals surface area contributed by atoms with E-state index in [0.717, 1.165) is 5.71 Å².